The maximum absolute atomic E-state index is 12.6. The molecule has 3 amide bonds. The molecule has 1 saturated carbocycles. The Morgan fingerprint density at radius 1 is 1.43 bits per heavy atom. The van der Waals surface area contributed by atoms with Crippen LogP contribution in [0.3, 0.4) is 0 Å². The summed E-state index contributed by atoms with van der Waals surface area (Å²) >= 11 is 0. The fourth-order valence-electron chi connectivity index (χ4n) is 3.41. The number of hydrogen-bond acceptors (Lipinski definition) is 5. The third kappa shape index (κ3) is 2.65. The minimum atomic E-state index is -1.10. The summed E-state index contributed by atoms with van der Waals surface area (Å²) in [5, 5.41) is 2.67. The third-order valence-electron chi connectivity index (χ3n) is 5.24. The Bertz CT molecular complexity index is 531. The topological polar surface area (TPSA) is 102 Å². The zero-order chi connectivity index (χ0) is 17.6. The van der Waals surface area contributed by atoms with E-state index in [0.29, 0.717) is 13.0 Å². The molecular weight excluding hydrogens is 298 g/mol. The third-order valence-corrected chi connectivity index (χ3v) is 5.24. The summed E-state index contributed by atoms with van der Waals surface area (Å²) in [5.74, 6) is -1.02. The number of amides is 3. The van der Waals surface area contributed by atoms with Crippen LogP contribution < -0.4 is 11.1 Å². The second-order valence-electron chi connectivity index (χ2n) is 7.27. The first-order valence-electron chi connectivity index (χ1n) is 8.13. The maximum atomic E-state index is 12.6. The molecule has 2 rings (SSSR count). The first-order chi connectivity index (χ1) is 10.6. The Kier molecular flexibility index (Phi) is 4.56. The number of nitrogens with two attached hydrogens (primary N) is 1. The number of rotatable bonds is 5. The van der Waals surface area contributed by atoms with Crippen molar-refractivity contribution in [1.82, 2.24) is 10.2 Å². The Morgan fingerprint density at radius 3 is 2.48 bits per heavy atom. The van der Waals surface area contributed by atoms with Crippen LogP contribution in [-0.2, 0) is 19.1 Å². The van der Waals surface area contributed by atoms with Gasteiger partial charge in [0.1, 0.15) is 11.6 Å². The van der Waals surface area contributed by atoms with E-state index in [4.69, 9.17) is 10.5 Å². The Labute approximate surface area is 136 Å². The Morgan fingerprint density at radius 2 is 2.04 bits per heavy atom. The van der Waals surface area contributed by atoms with Gasteiger partial charge in [-0.25, -0.2) is 0 Å². The molecule has 7 nitrogen and oxygen atoms in total. The van der Waals surface area contributed by atoms with Crippen molar-refractivity contribution in [2.45, 2.75) is 71.2 Å². The zero-order valence-electron chi connectivity index (χ0n) is 14.5. The van der Waals surface area contributed by atoms with E-state index in [1.165, 1.54) is 4.90 Å². The number of ether oxygens (including phenoxy) is 1. The van der Waals surface area contributed by atoms with Gasteiger partial charge in [0.25, 0.3) is 5.91 Å². The molecule has 0 bridgehead atoms. The van der Waals surface area contributed by atoms with E-state index in [0.717, 1.165) is 0 Å². The smallest absolute Gasteiger partial charge is 0.252 e. The molecule has 3 N–H and O–H groups in total. The Hall–Kier alpha value is -1.47. The van der Waals surface area contributed by atoms with Crippen molar-refractivity contribution in [3.8, 4) is 0 Å². The molecule has 0 spiro atoms. The minimum Gasteiger partial charge on any atom is -0.378 e. The molecule has 1 aliphatic heterocycles. The van der Waals surface area contributed by atoms with E-state index in [2.05, 4.69) is 5.32 Å². The molecule has 130 valence electrons. The normalized spacial score (nSPS) is 33.1. The summed E-state index contributed by atoms with van der Waals surface area (Å²) in [4.78, 5) is 38.0. The van der Waals surface area contributed by atoms with Gasteiger partial charge in [-0.2, -0.15) is 0 Å². The number of carbonyl (C=O) groups is 3. The molecule has 0 aromatic carbocycles. The van der Waals surface area contributed by atoms with Crippen molar-refractivity contribution < 1.29 is 19.1 Å². The van der Waals surface area contributed by atoms with Crippen molar-refractivity contribution in [2.75, 3.05) is 6.61 Å². The van der Waals surface area contributed by atoms with Gasteiger partial charge in [-0.3, -0.25) is 19.3 Å². The van der Waals surface area contributed by atoms with Crippen LogP contribution in [0.4, 0.5) is 0 Å². The van der Waals surface area contributed by atoms with Gasteiger partial charge < -0.3 is 15.8 Å². The lowest BCUT2D eigenvalue weighted by Crippen LogP contribution is -2.76. The molecule has 3 atom stereocenters. The largest absolute Gasteiger partial charge is 0.378 e. The fraction of sp³-hybridized carbons (Fsp3) is 0.812. The molecule has 3 unspecified atom stereocenters. The summed E-state index contributed by atoms with van der Waals surface area (Å²) in [7, 11) is 0. The molecular formula is C16H27N3O4. The summed E-state index contributed by atoms with van der Waals surface area (Å²) < 4.78 is 5.61. The van der Waals surface area contributed by atoms with Crippen LogP contribution in [0.25, 0.3) is 0 Å². The quantitative estimate of drug-likeness (QED) is 0.702. The van der Waals surface area contributed by atoms with E-state index < -0.39 is 22.9 Å². The van der Waals surface area contributed by atoms with E-state index >= 15 is 0 Å². The predicted molar refractivity (Wildman–Crippen MR) is 84.3 cm³/mol. The standard InChI is InChI=1S/C16H27N3O4/c1-6-23-11-8-16(17,15(11,4)5)14(22)18-10-7-12(20)19(9(2)3)13(10)21/h9-11H,6-8,17H2,1-5H3,(H,18,22). The van der Waals surface area contributed by atoms with Gasteiger partial charge in [-0.15, -0.1) is 0 Å². The molecule has 0 aromatic heterocycles. The van der Waals surface area contributed by atoms with Crippen LogP contribution in [0.2, 0.25) is 0 Å². The highest BCUT2D eigenvalue weighted by atomic mass is 16.5. The molecule has 0 aromatic rings. The van der Waals surface area contributed by atoms with Crippen LogP contribution >= 0.6 is 0 Å². The van der Waals surface area contributed by atoms with Gasteiger partial charge in [0.2, 0.25) is 11.8 Å². The highest BCUT2D eigenvalue weighted by Crippen LogP contribution is 2.49. The predicted octanol–water partition coefficient (Wildman–Crippen LogP) is 0.171. The molecule has 2 aliphatic rings. The average molecular weight is 325 g/mol. The highest BCUT2D eigenvalue weighted by Gasteiger charge is 2.63. The monoisotopic (exact) mass is 325 g/mol. The second-order valence-corrected chi connectivity index (χ2v) is 7.27. The number of imide groups is 1. The molecule has 0 radical (unpaired) electrons. The summed E-state index contributed by atoms with van der Waals surface area (Å²) in [6, 6.07) is -1.04. The van der Waals surface area contributed by atoms with E-state index in [9.17, 15) is 14.4 Å². The molecule has 7 heteroatoms. The fourth-order valence-corrected chi connectivity index (χ4v) is 3.41. The van der Waals surface area contributed by atoms with Gasteiger partial charge >= 0.3 is 0 Å². The maximum Gasteiger partial charge on any atom is 0.252 e. The lowest BCUT2D eigenvalue weighted by Gasteiger charge is -2.57. The van der Waals surface area contributed by atoms with E-state index in [-0.39, 0.29) is 30.4 Å². The molecule has 23 heavy (non-hydrogen) atoms. The SMILES string of the molecule is CCOC1CC(N)(C(=O)NC2CC(=O)N(C(C)C)C2=O)C1(C)C. The Balaban J connectivity index is 2.06. The molecule has 1 aliphatic carbocycles. The lowest BCUT2D eigenvalue weighted by atomic mass is 9.54. The second kappa shape index (κ2) is 5.87. The zero-order valence-corrected chi connectivity index (χ0v) is 14.5. The highest BCUT2D eigenvalue weighted by molar-refractivity contribution is 6.07. The van der Waals surface area contributed by atoms with Crippen LogP contribution in [0, 0.1) is 5.41 Å². The van der Waals surface area contributed by atoms with Gasteiger partial charge in [-0.1, -0.05) is 13.8 Å². The summed E-state index contributed by atoms with van der Waals surface area (Å²) in [6.45, 7) is 9.77. The summed E-state index contributed by atoms with van der Waals surface area (Å²) in [6.07, 6.45) is 0.313. The number of likely N-dealkylation sites (tertiary alicyclic amines) is 1. The number of carbonyl (C=O) groups excluding carboxylic acids is 3. The van der Waals surface area contributed by atoms with Crippen molar-refractivity contribution in [2.24, 2.45) is 11.1 Å². The van der Waals surface area contributed by atoms with Crippen LogP contribution in [0.5, 0.6) is 0 Å². The first-order valence-corrected chi connectivity index (χ1v) is 8.13. The van der Waals surface area contributed by atoms with Crippen molar-refractivity contribution in [1.29, 1.82) is 0 Å². The van der Waals surface area contributed by atoms with Crippen LogP contribution in [0.1, 0.15) is 47.5 Å². The molecule has 1 saturated heterocycles. The van der Waals surface area contributed by atoms with Gasteiger partial charge in [0.15, 0.2) is 0 Å². The van der Waals surface area contributed by atoms with E-state index in [1.54, 1.807) is 13.8 Å². The van der Waals surface area contributed by atoms with E-state index in [1.807, 2.05) is 20.8 Å². The van der Waals surface area contributed by atoms with Crippen molar-refractivity contribution in [3.05, 3.63) is 0 Å². The lowest BCUT2D eigenvalue weighted by molar-refractivity contribution is -0.171. The van der Waals surface area contributed by atoms with Gasteiger partial charge in [-0.05, 0) is 20.8 Å². The average Bonchev–Trinajstić information content (AvgIpc) is 2.72. The summed E-state index contributed by atoms with van der Waals surface area (Å²) in [5.41, 5.74) is 4.67. The van der Waals surface area contributed by atoms with Crippen molar-refractivity contribution in [3.63, 3.8) is 0 Å². The molecule has 2 fully saturated rings. The van der Waals surface area contributed by atoms with Crippen molar-refractivity contribution >= 4 is 17.7 Å². The number of hydrogen-bond donors (Lipinski definition) is 2. The first kappa shape index (κ1) is 17.9. The van der Waals surface area contributed by atoms with Crippen LogP contribution in [-0.4, -0.2) is 53.0 Å². The molecule has 1 heterocycles. The van der Waals surface area contributed by atoms with Gasteiger partial charge in [0.05, 0.1) is 12.5 Å². The number of nitrogens with one attached hydrogen (secondary N) is 1. The van der Waals surface area contributed by atoms with Crippen LogP contribution in [0.15, 0.2) is 0 Å². The van der Waals surface area contributed by atoms with Gasteiger partial charge in [0, 0.05) is 24.5 Å². The number of nitrogens with zero attached hydrogens (tertiary/aromatic N) is 1. The minimum absolute atomic E-state index is 0.00580.